The fraction of sp³-hybridized carbons (Fsp3) is 0.500. The normalized spacial score (nSPS) is 12.5. The second-order valence-electron chi connectivity index (χ2n) is 5.75. The number of aliphatic carboxylic acids is 1. The number of carbonyl (C=O) groups is 2. The van der Waals surface area contributed by atoms with Gasteiger partial charge < -0.3 is 19.9 Å². The summed E-state index contributed by atoms with van der Waals surface area (Å²) in [5.74, 6) is -0.923. The summed E-state index contributed by atoms with van der Waals surface area (Å²) in [6.07, 6.45) is -0.344. The van der Waals surface area contributed by atoms with Gasteiger partial charge in [0.1, 0.15) is 6.61 Å². The van der Waals surface area contributed by atoms with E-state index in [0.29, 0.717) is 0 Å². The summed E-state index contributed by atoms with van der Waals surface area (Å²) < 4.78 is 10.2. The maximum absolute atomic E-state index is 11.8. The number of carbonyl (C=O) groups excluding carboxylic acids is 1. The van der Waals surface area contributed by atoms with Crippen LogP contribution in [0.25, 0.3) is 0 Å². The van der Waals surface area contributed by atoms with Crippen molar-refractivity contribution in [1.82, 2.24) is 5.32 Å². The number of carboxylic acid groups (broad SMARTS) is 1. The van der Waals surface area contributed by atoms with Gasteiger partial charge in [-0.25, -0.2) is 4.79 Å². The van der Waals surface area contributed by atoms with Crippen LogP contribution in [0, 0.1) is 5.41 Å². The van der Waals surface area contributed by atoms with E-state index in [9.17, 15) is 9.59 Å². The number of hydrogen-bond acceptors (Lipinski definition) is 4. The Bertz CT molecular complexity index is 487. The van der Waals surface area contributed by atoms with E-state index < -0.39 is 23.5 Å². The zero-order valence-electron chi connectivity index (χ0n) is 13.2. The molecule has 1 unspecified atom stereocenters. The maximum atomic E-state index is 11.8. The van der Waals surface area contributed by atoms with Gasteiger partial charge in [0.2, 0.25) is 0 Å². The molecule has 0 spiro atoms. The van der Waals surface area contributed by atoms with Gasteiger partial charge >= 0.3 is 12.1 Å². The number of alkyl carbamates (subject to hydrolysis) is 1. The summed E-state index contributed by atoms with van der Waals surface area (Å²) in [7, 11) is 1.50. The Balaban J connectivity index is 2.51. The lowest BCUT2D eigenvalue weighted by atomic mass is 9.86. The zero-order valence-corrected chi connectivity index (χ0v) is 13.2. The van der Waals surface area contributed by atoms with Gasteiger partial charge in [-0.05, 0) is 25.8 Å². The molecule has 6 heteroatoms. The smallest absolute Gasteiger partial charge is 0.407 e. The van der Waals surface area contributed by atoms with E-state index in [2.05, 4.69) is 5.32 Å². The van der Waals surface area contributed by atoms with Gasteiger partial charge in [-0.15, -0.1) is 0 Å². The molecule has 1 amide bonds. The highest BCUT2D eigenvalue weighted by Crippen LogP contribution is 2.22. The molecule has 0 aliphatic carbocycles. The summed E-state index contributed by atoms with van der Waals surface area (Å²) in [4.78, 5) is 23.0. The summed E-state index contributed by atoms with van der Waals surface area (Å²) in [6, 6.07) is 8.88. The Morgan fingerprint density at radius 1 is 1.27 bits per heavy atom. The predicted molar refractivity (Wildman–Crippen MR) is 81.5 cm³/mol. The van der Waals surface area contributed by atoms with E-state index in [-0.39, 0.29) is 19.6 Å². The highest BCUT2D eigenvalue weighted by molar-refractivity contribution is 5.74. The second-order valence-corrected chi connectivity index (χ2v) is 5.75. The van der Waals surface area contributed by atoms with Gasteiger partial charge in [0.25, 0.3) is 0 Å². The highest BCUT2D eigenvalue weighted by Gasteiger charge is 2.31. The summed E-state index contributed by atoms with van der Waals surface area (Å²) in [6.45, 7) is 3.59. The first-order chi connectivity index (χ1) is 10.3. The lowest BCUT2D eigenvalue weighted by molar-refractivity contribution is -0.147. The molecule has 0 bridgehead atoms. The average Bonchev–Trinajstić information content (AvgIpc) is 2.46. The van der Waals surface area contributed by atoms with Crippen LogP contribution in [0.2, 0.25) is 0 Å². The minimum Gasteiger partial charge on any atom is -0.481 e. The molecular formula is C16H23NO5. The first kappa shape index (κ1) is 18.0. The Labute approximate surface area is 130 Å². The molecule has 22 heavy (non-hydrogen) atoms. The number of ether oxygens (including phenoxy) is 2. The number of nitrogens with one attached hydrogen (secondary N) is 1. The molecule has 0 saturated heterocycles. The highest BCUT2D eigenvalue weighted by atomic mass is 16.5. The van der Waals surface area contributed by atoms with Crippen molar-refractivity contribution in [1.29, 1.82) is 0 Å². The Morgan fingerprint density at radius 2 is 1.91 bits per heavy atom. The lowest BCUT2D eigenvalue weighted by Crippen LogP contribution is -2.43. The topological polar surface area (TPSA) is 84.9 Å². The standard InChI is InChI=1S/C16H23NO5/c1-16(2,14(18)19)9-13(11-21-3)17-15(20)22-10-12-7-5-4-6-8-12/h4-8,13H,9-11H2,1-3H3,(H,17,20)(H,18,19). The number of carboxylic acids is 1. The van der Waals surface area contributed by atoms with Crippen molar-refractivity contribution in [3.8, 4) is 0 Å². The largest absolute Gasteiger partial charge is 0.481 e. The molecule has 0 heterocycles. The molecule has 2 N–H and O–H groups in total. The van der Waals surface area contributed by atoms with Crippen molar-refractivity contribution in [3.05, 3.63) is 35.9 Å². The monoisotopic (exact) mass is 309 g/mol. The first-order valence-electron chi connectivity index (χ1n) is 7.04. The fourth-order valence-electron chi connectivity index (χ4n) is 1.99. The number of benzene rings is 1. The lowest BCUT2D eigenvalue weighted by Gasteiger charge is -2.26. The molecule has 0 saturated carbocycles. The van der Waals surface area contributed by atoms with Gasteiger partial charge in [-0.1, -0.05) is 30.3 Å². The third kappa shape index (κ3) is 6.13. The van der Waals surface area contributed by atoms with Gasteiger partial charge in [0, 0.05) is 7.11 Å². The van der Waals surface area contributed by atoms with Crippen LogP contribution in [-0.2, 0) is 20.9 Å². The van der Waals surface area contributed by atoms with Gasteiger partial charge in [-0.2, -0.15) is 0 Å². The molecule has 1 atom stereocenters. The Kier molecular flexibility index (Phi) is 6.85. The zero-order chi connectivity index (χ0) is 16.6. The summed E-state index contributed by atoms with van der Waals surface area (Å²) in [5.41, 5.74) is -0.0811. The average molecular weight is 309 g/mol. The minimum absolute atomic E-state index is 0.161. The summed E-state index contributed by atoms with van der Waals surface area (Å²) >= 11 is 0. The van der Waals surface area contributed by atoms with Crippen molar-refractivity contribution >= 4 is 12.1 Å². The van der Waals surface area contributed by atoms with E-state index in [1.165, 1.54) is 7.11 Å². The van der Waals surface area contributed by atoms with Gasteiger partial charge in [-0.3, -0.25) is 4.79 Å². The SMILES string of the molecule is COCC(CC(C)(C)C(=O)O)NC(=O)OCc1ccccc1. The van der Waals surface area contributed by atoms with Crippen molar-refractivity contribution in [2.24, 2.45) is 5.41 Å². The molecule has 122 valence electrons. The van der Waals surface area contributed by atoms with Crippen LogP contribution in [0.15, 0.2) is 30.3 Å². The van der Waals surface area contributed by atoms with Crippen LogP contribution in [0.4, 0.5) is 4.79 Å². The van der Waals surface area contributed by atoms with Crippen LogP contribution < -0.4 is 5.32 Å². The molecule has 1 rings (SSSR count). The predicted octanol–water partition coefficient (Wildman–Crippen LogP) is 2.43. The maximum Gasteiger partial charge on any atom is 0.407 e. The molecule has 1 aromatic carbocycles. The number of methoxy groups -OCH3 is 1. The Morgan fingerprint density at radius 3 is 2.45 bits per heavy atom. The van der Waals surface area contributed by atoms with Crippen molar-refractivity contribution < 1.29 is 24.2 Å². The van der Waals surface area contributed by atoms with Crippen molar-refractivity contribution in [3.63, 3.8) is 0 Å². The summed E-state index contributed by atoms with van der Waals surface area (Å²) in [5, 5.41) is 11.8. The van der Waals surface area contributed by atoms with E-state index in [0.717, 1.165) is 5.56 Å². The molecule has 0 aliphatic heterocycles. The molecule has 6 nitrogen and oxygen atoms in total. The number of amides is 1. The first-order valence-corrected chi connectivity index (χ1v) is 7.04. The fourth-order valence-corrected chi connectivity index (χ4v) is 1.99. The Hall–Kier alpha value is -2.08. The molecule has 0 aliphatic rings. The third-order valence-electron chi connectivity index (χ3n) is 3.24. The molecule has 0 radical (unpaired) electrons. The van der Waals surface area contributed by atoms with Crippen molar-refractivity contribution in [2.45, 2.75) is 32.9 Å². The van der Waals surface area contributed by atoms with E-state index in [4.69, 9.17) is 14.6 Å². The van der Waals surface area contributed by atoms with Crippen LogP contribution in [0.1, 0.15) is 25.8 Å². The number of rotatable bonds is 8. The molecular weight excluding hydrogens is 286 g/mol. The van der Waals surface area contributed by atoms with Gasteiger partial charge in [0.05, 0.1) is 18.1 Å². The minimum atomic E-state index is -0.962. The van der Waals surface area contributed by atoms with E-state index in [1.54, 1.807) is 13.8 Å². The van der Waals surface area contributed by atoms with Crippen LogP contribution in [0.5, 0.6) is 0 Å². The van der Waals surface area contributed by atoms with Crippen LogP contribution in [0.3, 0.4) is 0 Å². The van der Waals surface area contributed by atoms with E-state index >= 15 is 0 Å². The van der Waals surface area contributed by atoms with Gasteiger partial charge in [0.15, 0.2) is 0 Å². The second kappa shape index (κ2) is 8.38. The van der Waals surface area contributed by atoms with Crippen molar-refractivity contribution in [2.75, 3.05) is 13.7 Å². The molecule has 1 aromatic rings. The number of hydrogen-bond donors (Lipinski definition) is 2. The van der Waals surface area contributed by atoms with Crippen LogP contribution in [-0.4, -0.2) is 36.9 Å². The third-order valence-corrected chi connectivity index (χ3v) is 3.24. The van der Waals surface area contributed by atoms with Crippen LogP contribution >= 0.6 is 0 Å². The quantitative estimate of drug-likeness (QED) is 0.770. The van der Waals surface area contributed by atoms with E-state index in [1.807, 2.05) is 30.3 Å². The molecule has 0 aromatic heterocycles. The molecule has 0 fully saturated rings.